The SMILES string of the molecule is N#CB1CC2(C1)CN(C(=O)c1ccc(C=O)c(C#CCN3C(=O)c4ccccc4C3=O)c1)C2. The lowest BCUT2D eigenvalue weighted by molar-refractivity contribution is 0.0157. The number of nitriles is 1. The van der Waals surface area contributed by atoms with E-state index >= 15 is 0 Å². The Balaban J connectivity index is 1.30. The van der Waals surface area contributed by atoms with Crippen molar-refractivity contribution in [2.45, 2.75) is 12.6 Å². The minimum Gasteiger partial charge on any atom is -0.338 e. The molecule has 0 N–H and O–H groups in total. The second-order valence-corrected chi connectivity index (χ2v) is 8.86. The molecule has 1 spiro atoms. The van der Waals surface area contributed by atoms with Crippen molar-refractivity contribution in [3.05, 3.63) is 70.3 Å². The van der Waals surface area contributed by atoms with Gasteiger partial charge in [-0.05, 0) is 35.7 Å². The summed E-state index contributed by atoms with van der Waals surface area (Å²) in [7, 11) is 0. The van der Waals surface area contributed by atoms with Gasteiger partial charge >= 0.3 is 0 Å². The molecule has 0 radical (unpaired) electrons. The summed E-state index contributed by atoms with van der Waals surface area (Å²) >= 11 is 0. The van der Waals surface area contributed by atoms with Gasteiger partial charge in [0, 0.05) is 35.7 Å². The molecule has 0 saturated carbocycles. The van der Waals surface area contributed by atoms with Crippen LogP contribution in [0.2, 0.25) is 12.6 Å². The van der Waals surface area contributed by atoms with E-state index in [1.54, 1.807) is 47.4 Å². The van der Waals surface area contributed by atoms with Crippen LogP contribution in [0.3, 0.4) is 0 Å². The highest BCUT2D eigenvalue weighted by Crippen LogP contribution is 2.49. The average Bonchev–Trinajstić information content (AvgIpc) is 3.02. The fourth-order valence-corrected chi connectivity index (χ4v) is 4.92. The first kappa shape index (κ1) is 20.7. The van der Waals surface area contributed by atoms with Crippen LogP contribution >= 0.6 is 0 Å². The fourth-order valence-electron chi connectivity index (χ4n) is 4.92. The Morgan fingerprint density at radius 2 is 1.76 bits per heavy atom. The molecule has 0 bridgehead atoms. The maximum Gasteiger partial charge on any atom is 0.269 e. The molecule has 3 aliphatic rings. The van der Waals surface area contributed by atoms with Crippen molar-refractivity contribution in [2.75, 3.05) is 19.6 Å². The van der Waals surface area contributed by atoms with Gasteiger partial charge in [-0.3, -0.25) is 24.1 Å². The van der Waals surface area contributed by atoms with Crippen LogP contribution in [0.25, 0.3) is 0 Å². The van der Waals surface area contributed by atoms with Gasteiger partial charge in [0.05, 0.1) is 17.7 Å². The van der Waals surface area contributed by atoms with Gasteiger partial charge in [0.1, 0.15) is 0 Å². The summed E-state index contributed by atoms with van der Waals surface area (Å²) < 4.78 is 0. The first-order chi connectivity index (χ1) is 15.9. The Kier molecular flexibility index (Phi) is 4.87. The van der Waals surface area contributed by atoms with Gasteiger partial charge in [-0.15, -0.1) is 0 Å². The Hall–Kier alpha value is -4.17. The molecule has 0 atom stereocenters. The van der Waals surface area contributed by atoms with Gasteiger partial charge in [0.15, 0.2) is 6.29 Å². The Morgan fingerprint density at radius 3 is 2.36 bits per heavy atom. The van der Waals surface area contributed by atoms with Crippen LogP contribution in [-0.4, -0.2) is 60.2 Å². The number of aldehydes is 1. The van der Waals surface area contributed by atoms with E-state index in [0.717, 1.165) is 17.5 Å². The van der Waals surface area contributed by atoms with E-state index in [4.69, 9.17) is 5.26 Å². The van der Waals surface area contributed by atoms with Crippen molar-refractivity contribution in [1.82, 2.24) is 9.80 Å². The smallest absolute Gasteiger partial charge is 0.269 e. The summed E-state index contributed by atoms with van der Waals surface area (Å²) in [5.41, 5.74) is 1.92. The first-order valence-corrected chi connectivity index (χ1v) is 10.7. The quantitative estimate of drug-likeness (QED) is 0.319. The number of nitrogens with zero attached hydrogens (tertiary/aromatic N) is 3. The molecule has 0 aliphatic carbocycles. The van der Waals surface area contributed by atoms with Crippen LogP contribution in [0, 0.1) is 28.5 Å². The molecular formula is C25H18BN3O4. The Morgan fingerprint density at radius 1 is 1.09 bits per heavy atom. The van der Waals surface area contributed by atoms with Crippen molar-refractivity contribution >= 4 is 30.7 Å². The molecule has 8 heteroatoms. The van der Waals surface area contributed by atoms with Crippen LogP contribution in [-0.2, 0) is 0 Å². The minimum atomic E-state index is -0.397. The van der Waals surface area contributed by atoms with Crippen molar-refractivity contribution in [2.24, 2.45) is 5.41 Å². The van der Waals surface area contributed by atoms with Gasteiger partial charge in [-0.1, -0.05) is 36.6 Å². The van der Waals surface area contributed by atoms with Gasteiger partial charge < -0.3 is 4.90 Å². The number of amides is 3. The van der Waals surface area contributed by atoms with Crippen molar-refractivity contribution in [1.29, 1.82) is 5.26 Å². The first-order valence-electron chi connectivity index (χ1n) is 10.7. The summed E-state index contributed by atoms with van der Waals surface area (Å²) in [5, 5.41) is 8.97. The summed E-state index contributed by atoms with van der Waals surface area (Å²) in [5.74, 6) is 6.99. The van der Waals surface area contributed by atoms with Gasteiger partial charge in [-0.2, -0.15) is 0 Å². The molecular weight excluding hydrogens is 417 g/mol. The molecule has 3 heterocycles. The Bertz CT molecular complexity index is 1280. The van der Waals surface area contributed by atoms with Crippen LogP contribution in [0.15, 0.2) is 42.5 Å². The highest BCUT2D eigenvalue weighted by Gasteiger charge is 2.55. The molecule has 5 rings (SSSR count). The van der Waals surface area contributed by atoms with E-state index in [1.165, 1.54) is 0 Å². The molecule has 2 saturated heterocycles. The molecule has 0 unspecified atom stereocenters. The average molecular weight is 435 g/mol. The Labute approximate surface area is 191 Å². The number of hydrogen-bond donors (Lipinski definition) is 0. The molecule has 2 aromatic rings. The molecule has 33 heavy (non-hydrogen) atoms. The largest absolute Gasteiger partial charge is 0.338 e. The second kappa shape index (κ2) is 7.76. The fraction of sp³-hybridized carbons (Fsp3) is 0.240. The molecule has 7 nitrogen and oxygen atoms in total. The van der Waals surface area contributed by atoms with Crippen LogP contribution in [0.1, 0.15) is 47.0 Å². The lowest BCUT2D eigenvalue weighted by Gasteiger charge is -2.56. The molecule has 3 aliphatic heterocycles. The normalized spacial score (nSPS) is 17.5. The van der Waals surface area contributed by atoms with Crippen molar-refractivity contribution in [3.63, 3.8) is 0 Å². The topological polar surface area (TPSA) is 98.5 Å². The number of fused-ring (bicyclic) bond motifs is 1. The van der Waals surface area contributed by atoms with E-state index in [2.05, 4.69) is 17.8 Å². The molecule has 160 valence electrons. The number of rotatable bonds is 3. The third-order valence-electron chi connectivity index (χ3n) is 6.65. The highest BCUT2D eigenvalue weighted by molar-refractivity contribution is 6.70. The standard InChI is InChI=1S/C25H18BN3O4/c27-16-26-12-25(13-26)14-28(15-25)22(31)18-7-8-19(11-30)17(10-18)4-3-9-29-23(32)20-5-1-2-6-21(20)24(29)33/h1-2,5-8,10-11H,9,12-15H2. The predicted octanol–water partition coefficient (Wildman–Crippen LogP) is 2.16. The second-order valence-electron chi connectivity index (χ2n) is 8.86. The van der Waals surface area contributed by atoms with Crippen molar-refractivity contribution in [3.8, 4) is 17.8 Å². The zero-order valence-electron chi connectivity index (χ0n) is 17.7. The monoisotopic (exact) mass is 435 g/mol. The lowest BCUT2D eigenvalue weighted by atomic mass is 9.26. The van der Waals surface area contributed by atoms with E-state index < -0.39 is 11.8 Å². The van der Waals surface area contributed by atoms with Crippen LogP contribution in [0.5, 0.6) is 0 Å². The summed E-state index contributed by atoms with van der Waals surface area (Å²) in [6.07, 6.45) is 2.34. The van der Waals surface area contributed by atoms with Gasteiger partial charge in [0.25, 0.3) is 24.4 Å². The maximum atomic E-state index is 12.9. The number of carbonyl (C=O) groups is 4. The number of likely N-dealkylation sites (tertiary alicyclic amines) is 1. The third-order valence-corrected chi connectivity index (χ3v) is 6.65. The third kappa shape index (κ3) is 3.41. The maximum absolute atomic E-state index is 12.9. The van der Waals surface area contributed by atoms with Crippen LogP contribution in [0.4, 0.5) is 0 Å². The lowest BCUT2D eigenvalue weighted by Crippen LogP contribution is -2.65. The predicted molar refractivity (Wildman–Crippen MR) is 120 cm³/mol. The van der Waals surface area contributed by atoms with E-state index in [0.29, 0.717) is 47.2 Å². The zero-order chi connectivity index (χ0) is 23.2. The molecule has 2 aromatic carbocycles. The minimum absolute atomic E-state index is 0.0911. The number of hydrogen-bond acceptors (Lipinski definition) is 5. The summed E-state index contributed by atoms with van der Waals surface area (Å²) in [6.45, 7) is 1.26. The molecule has 2 fully saturated rings. The number of benzene rings is 2. The summed E-state index contributed by atoms with van der Waals surface area (Å²) in [4.78, 5) is 52.1. The molecule has 3 amide bonds. The number of imide groups is 1. The van der Waals surface area contributed by atoms with E-state index in [9.17, 15) is 19.2 Å². The van der Waals surface area contributed by atoms with E-state index in [-0.39, 0.29) is 24.6 Å². The zero-order valence-corrected chi connectivity index (χ0v) is 17.7. The van der Waals surface area contributed by atoms with E-state index in [1.807, 2.05) is 0 Å². The highest BCUT2D eigenvalue weighted by atomic mass is 16.2. The van der Waals surface area contributed by atoms with Gasteiger partial charge in [-0.25, -0.2) is 5.26 Å². The number of carbonyl (C=O) groups excluding carboxylic acids is 4. The van der Waals surface area contributed by atoms with Crippen LogP contribution < -0.4 is 0 Å². The summed E-state index contributed by atoms with van der Waals surface area (Å²) in [6, 6.07) is 11.3. The van der Waals surface area contributed by atoms with Gasteiger partial charge in [0.2, 0.25) is 0 Å². The molecule has 0 aromatic heterocycles. The van der Waals surface area contributed by atoms with Crippen molar-refractivity contribution < 1.29 is 19.2 Å².